The summed E-state index contributed by atoms with van der Waals surface area (Å²) in [7, 11) is 1.52. The third kappa shape index (κ3) is 5.99. The Labute approximate surface area is 218 Å². The highest BCUT2D eigenvalue weighted by Gasteiger charge is 2.27. The van der Waals surface area contributed by atoms with Gasteiger partial charge in [0.05, 0.1) is 46.9 Å². The van der Waals surface area contributed by atoms with Gasteiger partial charge in [-0.25, -0.2) is 9.37 Å². The lowest BCUT2D eigenvalue weighted by atomic mass is 10.1. The van der Waals surface area contributed by atoms with E-state index in [9.17, 15) is 14.0 Å². The van der Waals surface area contributed by atoms with E-state index in [2.05, 4.69) is 22.2 Å². The van der Waals surface area contributed by atoms with Gasteiger partial charge in [0.15, 0.2) is 16.6 Å². The summed E-state index contributed by atoms with van der Waals surface area (Å²) in [4.78, 5) is 36.1. The Hall–Kier alpha value is -3.73. The summed E-state index contributed by atoms with van der Waals surface area (Å²) < 4.78 is 25.7. The number of ether oxygens (including phenoxy) is 2. The van der Waals surface area contributed by atoms with Crippen molar-refractivity contribution in [3.05, 3.63) is 35.6 Å². The van der Waals surface area contributed by atoms with Crippen molar-refractivity contribution in [1.82, 2.24) is 9.88 Å². The fourth-order valence-electron chi connectivity index (χ4n) is 3.96. The zero-order chi connectivity index (χ0) is 26.5. The van der Waals surface area contributed by atoms with E-state index in [4.69, 9.17) is 15.2 Å². The van der Waals surface area contributed by atoms with E-state index in [1.165, 1.54) is 30.6 Å². The van der Waals surface area contributed by atoms with E-state index in [0.717, 1.165) is 12.8 Å². The number of nitrogens with two attached hydrogens (primary N) is 1. The van der Waals surface area contributed by atoms with Gasteiger partial charge >= 0.3 is 0 Å². The molecule has 9 nitrogen and oxygen atoms in total. The first kappa shape index (κ1) is 26.3. The van der Waals surface area contributed by atoms with E-state index >= 15 is 0 Å². The number of unbranched alkanes of at least 4 members (excludes halogenated alkanes) is 1. The van der Waals surface area contributed by atoms with Crippen LogP contribution in [0.2, 0.25) is 0 Å². The minimum Gasteiger partial charge on any atom is -0.493 e. The third-order valence-corrected chi connectivity index (χ3v) is 6.94. The predicted octanol–water partition coefficient (Wildman–Crippen LogP) is 5.17. The molecule has 11 heteroatoms. The van der Waals surface area contributed by atoms with Crippen molar-refractivity contribution >= 4 is 56.1 Å². The lowest BCUT2D eigenvalue weighted by Gasteiger charge is -2.25. The molecule has 3 N–H and O–H groups in total. The Morgan fingerprint density at radius 2 is 2.05 bits per heavy atom. The average molecular weight is 528 g/mol. The molecule has 1 aliphatic heterocycles. The summed E-state index contributed by atoms with van der Waals surface area (Å²) in [6.07, 6.45) is 4.30. The molecule has 196 valence electrons. The summed E-state index contributed by atoms with van der Waals surface area (Å²) in [5, 5.41) is 3.11. The van der Waals surface area contributed by atoms with Gasteiger partial charge in [-0.15, -0.1) is 0 Å². The van der Waals surface area contributed by atoms with Crippen LogP contribution in [0, 0.1) is 5.82 Å². The van der Waals surface area contributed by atoms with Crippen LogP contribution >= 0.6 is 11.3 Å². The summed E-state index contributed by atoms with van der Waals surface area (Å²) in [6.45, 7) is 4.95. The maximum atomic E-state index is 13.6. The smallest absolute Gasteiger partial charge is 0.256 e. The number of methoxy groups -OCH3 is 1. The maximum absolute atomic E-state index is 13.6. The van der Waals surface area contributed by atoms with Crippen molar-refractivity contribution in [2.75, 3.05) is 31.3 Å². The van der Waals surface area contributed by atoms with Crippen molar-refractivity contribution in [2.24, 2.45) is 4.99 Å². The Morgan fingerprint density at radius 1 is 1.24 bits per heavy atom. The van der Waals surface area contributed by atoms with E-state index in [1.807, 2.05) is 11.8 Å². The minimum absolute atomic E-state index is 0.0396. The molecule has 0 bridgehead atoms. The molecule has 0 saturated carbocycles. The number of fused-ring (bicyclic) bond motifs is 2. The van der Waals surface area contributed by atoms with Gasteiger partial charge in [0.25, 0.3) is 5.91 Å². The summed E-state index contributed by atoms with van der Waals surface area (Å²) in [6, 6.07) is 5.99. The fourth-order valence-corrected chi connectivity index (χ4v) is 4.87. The summed E-state index contributed by atoms with van der Waals surface area (Å²) in [5.74, 6) is 0.0146. The molecule has 0 saturated heterocycles. The number of aromatic nitrogens is 1. The molecule has 0 unspecified atom stereocenters. The number of anilines is 2. The zero-order valence-corrected chi connectivity index (χ0v) is 21.9. The number of aliphatic imine (C=N–C) groups is 1. The number of thiazole rings is 1. The van der Waals surface area contributed by atoms with Crippen LogP contribution in [0.4, 0.5) is 20.9 Å². The molecule has 4 rings (SSSR count). The number of hydrogen-bond donors (Lipinski definition) is 2. The highest BCUT2D eigenvalue weighted by atomic mass is 32.1. The SMILES string of the molecule is CCCCN1C(=O)c2cc(OC)c(OCCCC(=O)Nc3nc4cc(F)c(N)cc4s3)cc2N=C[C@H]1C. The van der Waals surface area contributed by atoms with Crippen LogP contribution in [0.3, 0.4) is 0 Å². The van der Waals surface area contributed by atoms with Gasteiger partial charge in [0, 0.05) is 31.3 Å². The quantitative estimate of drug-likeness (QED) is 0.277. The highest BCUT2D eigenvalue weighted by molar-refractivity contribution is 7.22. The van der Waals surface area contributed by atoms with Gasteiger partial charge in [-0.1, -0.05) is 24.7 Å². The number of rotatable bonds is 10. The Bertz CT molecular complexity index is 1300. The van der Waals surface area contributed by atoms with Gasteiger partial charge in [0.2, 0.25) is 5.91 Å². The average Bonchev–Trinajstić information content (AvgIpc) is 3.20. The number of amides is 2. The number of nitrogens with zero attached hydrogens (tertiary/aromatic N) is 3. The molecule has 2 heterocycles. The van der Waals surface area contributed by atoms with E-state index in [1.54, 1.807) is 18.3 Å². The van der Waals surface area contributed by atoms with Crippen molar-refractivity contribution < 1.29 is 23.5 Å². The van der Waals surface area contributed by atoms with Crippen LogP contribution in [0.5, 0.6) is 11.5 Å². The van der Waals surface area contributed by atoms with Gasteiger partial charge < -0.3 is 25.4 Å². The number of halogens is 1. The maximum Gasteiger partial charge on any atom is 0.256 e. The van der Waals surface area contributed by atoms with Crippen molar-refractivity contribution in [1.29, 1.82) is 0 Å². The number of benzene rings is 2. The second-order valence-corrected chi connectivity index (χ2v) is 9.78. The second kappa shape index (κ2) is 11.5. The molecule has 3 aromatic rings. The molecule has 1 atom stereocenters. The van der Waals surface area contributed by atoms with E-state index < -0.39 is 5.82 Å². The fraction of sp³-hybridized carbons (Fsp3) is 0.385. The number of hydrogen-bond acceptors (Lipinski definition) is 8. The zero-order valence-electron chi connectivity index (χ0n) is 21.0. The number of nitrogen functional groups attached to an aromatic ring is 1. The molecule has 0 fully saturated rings. The van der Waals surface area contributed by atoms with Crippen LogP contribution < -0.4 is 20.5 Å². The predicted molar refractivity (Wildman–Crippen MR) is 144 cm³/mol. The monoisotopic (exact) mass is 527 g/mol. The van der Waals surface area contributed by atoms with Gasteiger partial charge in [-0.05, 0) is 31.9 Å². The first-order valence-electron chi connectivity index (χ1n) is 12.2. The van der Waals surface area contributed by atoms with Crippen LogP contribution in [-0.2, 0) is 4.79 Å². The van der Waals surface area contributed by atoms with Crippen molar-refractivity contribution in [3.8, 4) is 11.5 Å². The molecular weight excluding hydrogens is 497 g/mol. The summed E-state index contributed by atoms with van der Waals surface area (Å²) >= 11 is 1.23. The van der Waals surface area contributed by atoms with Gasteiger partial charge in [0.1, 0.15) is 5.82 Å². The molecule has 1 aromatic heterocycles. The first-order chi connectivity index (χ1) is 17.8. The minimum atomic E-state index is -0.542. The molecular formula is C26H30FN5O4S. The second-order valence-electron chi connectivity index (χ2n) is 8.75. The molecule has 2 aromatic carbocycles. The third-order valence-electron chi connectivity index (χ3n) is 6.01. The Kier molecular flexibility index (Phi) is 8.22. The topological polar surface area (TPSA) is 119 Å². The number of carbonyl (C=O) groups excluding carboxylic acids is 2. The Balaban J connectivity index is 1.36. The molecule has 2 amide bonds. The standard InChI is InChI=1S/C26H30FN5O4S/c1-4-5-8-32-15(2)14-29-19-13-22(21(35-3)10-16(19)25(32)34)36-9-6-7-24(33)31-26-30-20-11-17(27)18(28)12-23(20)37-26/h10-15H,4-9,28H2,1-3H3,(H,30,31,33)/t15-/m1/s1. The van der Waals surface area contributed by atoms with Gasteiger partial charge in [-0.2, -0.15) is 0 Å². The van der Waals surface area contributed by atoms with Crippen LogP contribution in [0.1, 0.15) is 49.9 Å². The summed E-state index contributed by atoms with van der Waals surface area (Å²) in [5.41, 5.74) is 7.07. The van der Waals surface area contributed by atoms with E-state index in [-0.39, 0.29) is 36.6 Å². The Morgan fingerprint density at radius 3 is 2.81 bits per heavy atom. The lowest BCUT2D eigenvalue weighted by molar-refractivity contribution is -0.116. The largest absolute Gasteiger partial charge is 0.493 e. The lowest BCUT2D eigenvalue weighted by Crippen LogP contribution is -2.39. The molecule has 1 aliphatic rings. The first-order valence-corrected chi connectivity index (χ1v) is 13.0. The van der Waals surface area contributed by atoms with Crippen LogP contribution in [-0.4, -0.2) is 54.2 Å². The highest BCUT2D eigenvalue weighted by Crippen LogP contribution is 2.37. The molecule has 0 radical (unpaired) electrons. The molecule has 0 aliphatic carbocycles. The van der Waals surface area contributed by atoms with Crippen molar-refractivity contribution in [3.63, 3.8) is 0 Å². The van der Waals surface area contributed by atoms with Crippen LogP contribution in [0.25, 0.3) is 10.2 Å². The number of carbonyl (C=O) groups is 2. The molecule has 37 heavy (non-hydrogen) atoms. The van der Waals surface area contributed by atoms with Crippen LogP contribution in [0.15, 0.2) is 29.3 Å². The number of nitrogens with one attached hydrogen (secondary N) is 1. The normalized spacial score (nSPS) is 15.0. The molecule has 0 spiro atoms. The van der Waals surface area contributed by atoms with Gasteiger partial charge in [-0.3, -0.25) is 14.6 Å². The van der Waals surface area contributed by atoms with E-state index in [0.29, 0.717) is 51.1 Å². The van der Waals surface area contributed by atoms with Crippen molar-refractivity contribution in [2.45, 2.75) is 45.6 Å².